The van der Waals surface area contributed by atoms with Gasteiger partial charge in [0.15, 0.2) is 0 Å². The van der Waals surface area contributed by atoms with E-state index < -0.39 is 22.7 Å². The number of aryl methyl sites for hydroxylation is 1. The van der Waals surface area contributed by atoms with Crippen LogP contribution >= 0.6 is 0 Å². The van der Waals surface area contributed by atoms with Gasteiger partial charge in [-0.05, 0) is 52.9 Å². The number of fused-ring (bicyclic) bond motifs is 2. The summed E-state index contributed by atoms with van der Waals surface area (Å²) in [5.41, 5.74) is 9.31. The Hall–Kier alpha value is -5.99. The number of benzene rings is 2. The lowest BCUT2D eigenvalue weighted by Gasteiger charge is -2.24. The Kier molecular flexibility index (Phi) is 6.96. The zero-order valence-corrected chi connectivity index (χ0v) is 23.7. The monoisotopic (exact) mass is 606 g/mol. The minimum atomic E-state index is -0.669. The maximum absolute atomic E-state index is 13.1. The molecule has 45 heavy (non-hydrogen) atoms. The first-order valence-corrected chi connectivity index (χ1v) is 14.2. The van der Waals surface area contributed by atoms with E-state index in [-0.39, 0.29) is 35.3 Å². The van der Waals surface area contributed by atoms with Crippen molar-refractivity contribution in [3.63, 3.8) is 0 Å². The van der Waals surface area contributed by atoms with Gasteiger partial charge in [-0.3, -0.25) is 19.2 Å². The fourth-order valence-corrected chi connectivity index (χ4v) is 5.76. The molecule has 0 saturated heterocycles. The van der Waals surface area contributed by atoms with Crippen LogP contribution < -0.4 is 36.9 Å². The van der Waals surface area contributed by atoms with Crippen molar-refractivity contribution in [2.24, 2.45) is 0 Å². The summed E-state index contributed by atoms with van der Waals surface area (Å²) in [5.74, 6) is 0.262. The van der Waals surface area contributed by atoms with Crippen LogP contribution in [0.15, 0.2) is 58.4 Å². The average molecular weight is 607 g/mol. The normalized spacial score (nSPS) is 15.6. The van der Waals surface area contributed by atoms with Gasteiger partial charge in [0.2, 0.25) is 5.82 Å². The van der Waals surface area contributed by atoms with Crippen molar-refractivity contribution in [1.29, 1.82) is 0 Å². The fourth-order valence-electron chi connectivity index (χ4n) is 5.76. The summed E-state index contributed by atoms with van der Waals surface area (Å²) in [4.78, 5) is 59.7. The first-order valence-electron chi connectivity index (χ1n) is 14.2. The summed E-state index contributed by atoms with van der Waals surface area (Å²) in [7, 11) is 0. The largest absolute Gasteiger partial charge is 0.491 e. The highest BCUT2D eigenvalue weighted by Crippen LogP contribution is 2.34. The third kappa shape index (κ3) is 5.24. The first kappa shape index (κ1) is 27.8. The van der Waals surface area contributed by atoms with Crippen molar-refractivity contribution in [3.8, 4) is 17.1 Å². The van der Waals surface area contributed by atoms with E-state index in [9.17, 15) is 19.2 Å². The van der Waals surface area contributed by atoms with Crippen LogP contribution in [-0.2, 0) is 19.5 Å². The molecule has 226 valence electrons. The quantitative estimate of drug-likeness (QED) is 0.187. The van der Waals surface area contributed by atoms with Gasteiger partial charge in [0.05, 0.1) is 12.6 Å². The predicted molar refractivity (Wildman–Crippen MR) is 160 cm³/mol. The number of hydrogen-bond acceptors (Lipinski definition) is 12. The summed E-state index contributed by atoms with van der Waals surface area (Å²) < 4.78 is 5.82. The van der Waals surface area contributed by atoms with Crippen LogP contribution in [0.2, 0.25) is 0 Å². The average Bonchev–Trinajstić information content (AvgIpc) is 3.70. The lowest BCUT2D eigenvalue weighted by molar-refractivity contribution is 0.0931. The van der Waals surface area contributed by atoms with Crippen molar-refractivity contribution in [1.82, 2.24) is 41.2 Å². The molecule has 0 saturated carbocycles. The minimum absolute atomic E-state index is 0.0339. The Bertz CT molecular complexity index is 2020. The Balaban J connectivity index is 0.992. The second-order valence-corrected chi connectivity index (χ2v) is 10.8. The summed E-state index contributed by atoms with van der Waals surface area (Å²) in [6.45, 7) is 1.21. The van der Waals surface area contributed by atoms with Gasteiger partial charge in [0.25, 0.3) is 22.7 Å². The van der Waals surface area contributed by atoms with E-state index in [1.165, 1.54) is 12.4 Å². The van der Waals surface area contributed by atoms with E-state index in [1.54, 1.807) is 11.0 Å². The van der Waals surface area contributed by atoms with Crippen LogP contribution in [0, 0.1) is 0 Å². The summed E-state index contributed by atoms with van der Waals surface area (Å²) in [6.07, 6.45) is 2.68. The maximum Gasteiger partial charge on any atom is 0.270 e. The molecule has 0 unspecified atom stereocenters. The molecular formula is C30H26N10O5. The third-order valence-electron chi connectivity index (χ3n) is 8.06. The predicted octanol–water partition coefficient (Wildman–Crippen LogP) is 0.581. The second-order valence-electron chi connectivity index (χ2n) is 10.8. The molecule has 15 nitrogen and oxygen atoms in total. The van der Waals surface area contributed by atoms with Crippen LogP contribution in [0.3, 0.4) is 0 Å². The molecule has 0 radical (unpaired) electrons. The van der Waals surface area contributed by atoms with Crippen LogP contribution in [0.4, 0.5) is 11.4 Å². The van der Waals surface area contributed by atoms with Crippen LogP contribution in [0.25, 0.3) is 11.4 Å². The number of carbonyl (C=O) groups excluding carboxylic acids is 2. The molecular weight excluding hydrogens is 580 g/mol. The fraction of sp³-hybridized carbons (Fsp3) is 0.233. The standard InChI is InChI=1S/C30H26N10O5/c31-24-25(27(42)26(24)41)40-7-8-45-23-6-1-15(9-18(23)13-40)12-32-29(43)21-11-22(34-14-33-21)30(44)35-20-5-3-16-10-17(2-4-19(16)20)28-36-38-39-37-28/h1-2,4,6,9-11,14,20H,3,5,7-8,12-13,31H2,(H,32,43)(H,35,44)(H,36,37,38,39)/t20-/m0/s1. The zero-order chi connectivity index (χ0) is 31.1. The lowest BCUT2D eigenvalue weighted by Crippen LogP contribution is -2.43. The molecule has 2 aromatic heterocycles. The molecule has 2 aliphatic rings. The Morgan fingerprint density at radius 3 is 2.67 bits per heavy atom. The molecule has 0 spiro atoms. The van der Waals surface area contributed by atoms with Gasteiger partial charge in [-0.15, -0.1) is 10.2 Å². The minimum Gasteiger partial charge on any atom is -0.491 e. The van der Waals surface area contributed by atoms with E-state index in [0.29, 0.717) is 31.3 Å². The van der Waals surface area contributed by atoms with Crippen LogP contribution in [0.5, 0.6) is 5.75 Å². The van der Waals surface area contributed by atoms with Crippen molar-refractivity contribution in [3.05, 3.63) is 103 Å². The number of nitrogens with zero attached hydrogens (tertiary/aromatic N) is 6. The number of rotatable bonds is 7. The number of H-pyrrole nitrogens is 1. The number of amides is 2. The number of aromatic nitrogens is 6. The van der Waals surface area contributed by atoms with Gasteiger partial charge in [0.1, 0.15) is 41.4 Å². The van der Waals surface area contributed by atoms with Gasteiger partial charge in [-0.25, -0.2) is 9.97 Å². The van der Waals surface area contributed by atoms with Crippen molar-refractivity contribution in [2.75, 3.05) is 23.8 Å². The highest BCUT2D eigenvalue weighted by molar-refractivity contribution is 5.97. The number of nitrogens with one attached hydrogen (secondary N) is 3. The summed E-state index contributed by atoms with van der Waals surface area (Å²) in [6, 6.07) is 12.5. The van der Waals surface area contributed by atoms with Crippen LogP contribution in [-0.4, -0.2) is 55.6 Å². The number of hydrogen-bond donors (Lipinski definition) is 4. The molecule has 15 heteroatoms. The number of carbonyl (C=O) groups is 2. The molecule has 2 amide bonds. The highest BCUT2D eigenvalue weighted by atomic mass is 16.5. The van der Waals surface area contributed by atoms with Crippen molar-refractivity contribution in [2.45, 2.75) is 32.0 Å². The van der Waals surface area contributed by atoms with E-state index >= 15 is 0 Å². The first-order chi connectivity index (χ1) is 21.9. The molecule has 1 aliphatic carbocycles. The molecule has 3 aromatic carbocycles. The second kappa shape index (κ2) is 11.3. The molecule has 1 aliphatic heterocycles. The van der Waals surface area contributed by atoms with Crippen molar-refractivity contribution >= 4 is 23.2 Å². The molecule has 1 atom stereocenters. The number of ether oxygens (including phenoxy) is 1. The summed E-state index contributed by atoms with van der Waals surface area (Å²) in [5, 5.41) is 19.9. The van der Waals surface area contributed by atoms with E-state index in [2.05, 4.69) is 41.2 Å². The smallest absolute Gasteiger partial charge is 0.270 e. The number of nitrogens with two attached hydrogens (primary N) is 1. The van der Waals surface area contributed by atoms with Gasteiger partial charge >= 0.3 is 0 Å². The Morgan fingerprint density at radius 2 is 1.87 bits per heavy atom. The lowest BCUT2D eigenvalue weighted by atomic mass is 10.0. The number of tetrazole rings is 1. The van der Waals surface area contributed by atoms with Gasteiger partial charge < -0.3 is 26.0 Å². The Morgan fingerprint density at radius 1 is 1.02 bits per heavy atom. The third-order valence-corrected chi connectivity index (χ3v) is 8.06. The van der Waals surface area contributed by atoms with E-state index in [0.717, 1.165) is 40.7 Å². The number of anilines is 2. The van der Waals surface area contributed by atoms with Gasteiger partial charge in [-0.1, -0.05) is 18.2 Å². The van der Waals surface area contributed by atoms with E-state index in [4.69, 9.17) is 10.5 Å². The van der Waals surface area contributed by atoms with Crippen molar-refractivity contribution < 1.29 is 14.3 Å². The van der Waals surface area contributed by atoms with Crippen LogP contribution in [0.1, 0.15) is 55.7 Å². The highest BCUT2D eigenvalue weighted by Gasteiger charge is 2.28. The molecule has 0 fully saturated rings. The summed E-state index contributed by atoms with van der Waals surface area (Å²) >= 11 is 0. The van der Waals surface area contributed by atoms with Gasteiger partial charge in [-0.2, -0.15) is 5.21 Å². The molecule has 7 rings (SSSR count). The Labute approximate surface area is 254 Å². The topological polar surface area (TPSA) is 211 Å². The number of aromatic amines is 1. The van der Waals surface area contributed by atoms with E-state index in [1.807, 2.05) is 30.3 Å². The SMILES string of the molecule is Nc1c(N2CCOc3ccc(CNC(=O)c4cc(C(=O)N[C@H]5CCc6cc(-c7nn[nH]n7)ccc65)ncn4)cc3C2)c(=O)c1=O. The molecule has 5 N–H and O–H groups in total. The molecule has 5 aromatic rings. The zero-order valence-electron chi connectivity index (χ0n) is 23.7. The van der Waals surface area contributed by atoms with Gasteiger partial charge in [0, 0.05) is 30.3 Å². The maximum atomic E-state index is 13.1. The molecule has 0 bridgehead atoms. The number of nitrogen functional groups attached to an aromatic ring is 1. The molecule has 3 heterocycles.